The zero-order valence-corrected chi connectivity index (χ0v) is 8.50. The molecule has 0 aromatic heterocycles. The predicted molar refractivity (Wildman–Crippen MR) is 50.5 cm³/mol. The summed E-state index contributed by atoms with van der Waals surface area (Å²) in [5.41, 5.74) is 0. The molecular weight excluding hydrogens is 204 g/mol. The summed E-state index contributed by atoms with van der Waals surface area (Å²) in [7, 11) is -1.68. The first kappa shape index (κ1) is 9.33. The molecule has 0 N–H and O–H groups in total. The van der Waals surface area contributed by atoms with Crippen molar-refractivity contribution in [3.8, 4) is 11.5 Å². The number of benzene rings is 1. The van der Waals surface area contributed by atoms with Gasteiger partial charge in [0.2, 0.25) is 0 Å². The van der Waals surface area contributed by atoms with Gasteiger partial charge in [0.05, 0.1) is 12.9 Å². The van der Waals surface area contributed by atoms with Crippen LogP contribution in [0.3, 0.4) is 0 Å². The Hall–Kier alpha value is -1.23. The number of sulfone groups is 1. The van der Waals surface area contributed by atoms with Crippen LogP contribution < -0.4 is 9.47 Å². The molecule has 1 aromatic carbocycles. The summed E-state index contributed by atoms with van der Waals surface area (Å²) in [5, 5.41) is 0. The van der Waals surface area contributed by atoms with Crippen LogP contribution in [0.5, 0.6) is 11.5 Å². The van der Waals surface area contributed by atoms with Gasteiger partial charge in [0, 0.05) is 6.07 Å². The van der Waals surface area contributed by atoms with Crippen molar-refractivity contribution in [1.82, 2.24) is 0 Å². The average Bonchev–Trinajstić information content (AvgIpc) is 2.17. The van der Waals surface area contributed by atoms with Gasteiger partial charge in [0.15, 0.2) is 9.84 Å². The summed E-state index contributed by atoms with van der Waals surface area (Å²) in [5.74, 6) is 0.975. The third-order valence-corrected chi connectivity index (χ3v) is 3.79. The Morgan fingerprint density at radius 3 is 2.93 bits per heavy atom. The Labute approximate surface area is 82.4 Å². The summed E-state index contributed by atoms with van der Waals surface area (Å²) in [6.07, 6.45) is 0. The van der Waals surface area contributed by atoms with E-state index < -0.39 is 9.84 Å². The van der Waals surface area contributed by atoms with Crippen LogP contribution in [-0.4, -0.2) is 27.9 Å². The van der Waals surface area contributed by atoms with Crippen LogP contribution in [0, 0.1) is 0 Å². The number of rotatable bonds is 1. The first-order chi connectivity index (χ1) is 6.63. The fourth-order valence-electron chi connectivity index (χ4n) is 1.35. The largest absolute Gasteiger partial charge is 0.497 e. The van der Waals surface area contributed by atoms with E-state index in [9.17, 15) is 8.42 Å². The van der Waals surface area contributed by atoms with E-state index >= 15 is 0 Å². The molecule has 4 nitrogen and oxygen atoms in total. The Bertz CT molecular complexity index is 450. The van der Waals surface area contributed by atoms with E-state index in [1.807, 2.05) is 0 Å². The van der Waals surface area contributed by atoms with Gasteiger partial charge in [-0.1, -0.05) is 0 Å². The first-order valence-electron chi connectivity index (χ1n) is 4.17. The van der Waals surface area contributed by atoms with E-state index in [4.69, 9.17) is 9.47 Å². The molecule has 0 atom stereocenters. The van der Waals surface area contributed by atoms with Crippen molar-refractivity contribution in [3.05, 3.63) is 18.2 Å². The molecule has 0 amide bonds. The van der Waals surface area contributed by atoms with Gasteiger partial charge < -0.3 is 9.47 Å². The lowest BCUT2D eigenvalue weighted by molar-refractivity contribution is 0.320. The molecule has 0 radical (unpaired) electrons. The molecular formula is C9H10O4S. The SMILES string of the molecule is COc1ccc2c(c1)S(=O)(=O)CCO2. The lowest BCUT2D eigenvalue weighted by atomic mass is 10.3. The molecule has 76 valence electrons. The minimum atomic E-state index is -3.18. The van der Waals surface area contributed by atoms with Crippen LogP contribution in [0.1, 0.15) is 0 Å². The van der Waals surface area contributed by atoms with E-state index in [2.05, 4.69) is 0 Å². The Morgan fingerprint density at radius 1 is 1.43 bits per heavy atom. The number of hydrogen-bond donors (Lipinski definition) is 0. The van der Waals surface area contributed by atoms with Gasteiger partial charge in [-0.2, -0.15) is 0 Å². The Kier molecular flexibility index (Phi) is 2.11. The van der Waals surface area contributed by atoms with Crippen LogP contribution >= 0.6 is 0 Å². The second kappa shape index (κ2) is 3.16. The molecule has 1 aliphatic heterocycles. The Morgan fingerprint density at radius 2 is 2.21 bits per heavy atom. The van der Waals surface area contributed by atoms with Crippen LogP contribution in [0.2, 0.25) is 0 Å². The number of fused-ring (bicyclic) bond motifs is 1. The minimum Gasteiger partial charge on any atom is -0.497 e. The smallest absolute Gasteiger partial charge is 0.185 e. The summed E-state index contributed by atoms with van der Waals surface area (Å²) in [6, 6.07) is 4.79. The molecule has 0 bridgehead atoms. The molecule has 0 fully saturated rings. The average molecular weight is 214 g/mol. The van der Waals surface area contributed by atoms with Crippen molar-refractivity contribution in [3.63, 3.8) is 0 Å². The van der Waals surface area contributed by atoms with Gasteiger partial charge >= 0.3 is 0 Å². The van der Waals surface area contributed by atoms with Crippen LogP contribution in [0.4, 0.5) is 0 Å². The van der Waals surface area contributed by atoms with Gasteiger partial charge in [-0.05, 0) is 12.1 Å². The predicted octanol–water partition coefficient (Wildman–Crippen LogP) is 0.861. The lowest BCUT2D eigenvalue weighted by Crippen LogP contribution is -2.20. The maximum absolute atomic E-state index is 11.6. The highest BCUT2D eigenvalue weighted by Gasteiger charge is 2.25. The van der Waals surface area contributed by atoms with Gasteiger partial charge in [0.1, 0.15) is 23.0 Å². The van der Waals surface area contributed by atoms with Gasteiger partial charge in [-0.25, -0.2) is 8.42 Å². The van der Waals surface area contributed by atoms with E-state index in [0.717, 1.165) is 0 Å². The lowest BCUT2D eigenvalue weighted by Gasteiger charge is -2.17. The number of hydrogen-bond acceptors (Lipinski definition) is 4. The monoisotopic (exact) mass is 214 g/mol. The number of methoxy groups -OCH3 is 1. The normalized spacial score (nSPS) is 18.1. The molecule has 1 heterocycles. The van der Waals surface area contributed by atoms with Crippen molar-refractivity contribution in [1.29, 1.82) is 0 Å². The second-order valence-corrected chi connectivity index (χ2v) is 5.06. The van der Waals surface area contributed by atoms with E-state index in [0.29, 0.717) is 11.5 Å². The summed E-state index contributed by atoms with van der Waals surface area (Å²) in [4.78, 5) is 0.225. The van der Waals surface area contributed by atoms with E-state index in [-0.39, 0.29) is 17.3 Å². The standard InChI is InChI=1S/C9H10O4S/c1-12-7-2-3-8-9(6-7)14(10,11)5-4-13-8/h2-3,6H,4-5H2,1H3. The maximum atomic E-state index is 11.6. The molecule has 14 heavy (non-hydrogen) atoms. The van der Waals surface area contributed by atoms with Crippen LogP contribution in [-0.2, 0) is 9.84 Å². The quantitative estimate of drug-likeness (QED) is 0.695. The highest BCUT2D eigenvalue weighted by molar-refractivity contribution is 7.91. The second-order valence-electron chi connectivity index (χ2n) is 2.98. The molecule has 0 saturated carbocycles. The molecule has 0 saturated heterocycles. The van der Waals surface area contributed by atoms with Crippen LogP contribution in [0.15, 0.2) is 23.1 Å². The topological polar surface area (TPSA) is 52.6 Å². The molecule has 0 aliphatic carbocycles. The zero-order chi connectivity index (χ0) is 10.2. The van der Waals surface area contributed by atoms with Gasteiger partial charge in [-0.15, -0.1) is 0 Å². The van der Waals surface area contributed by atoms with E-state index in [1.165, 1.54) is 13.2 Å². The molecule has 1 aliphatic rings. The first-order valence-corrected chi connectivity index (χ1v) is 5.82. The zero-order valence-electron chi connectivity index (χ0n) is 7.69. The Balaban J connectivity index is 2.61. The van der Waals surface area contributed by atoms with Crippen molar-refractivity contribution < 1.29 is 17.9 Å². The van der Waals surface area contributed by atoms with Crippen molar-refractivity contribution >= 4 is 9.84 Å². The van der Waals surface area contributed by atoms with E-state index in [1.54, 1.807) is 12.1 Å². The highest BCUT2D eigenvalue weighted by atomic mass is 32.2. The minimum absolute atomic E-state index is 0.0349. The molecule has 2 rings (SSSR count). The maximum Gasteiger partial charge on any atom is 0.185 e. The fraction of sp³-hybridized carbons (Fsp3) is 0.333. The van der Waals surface area contributed by atoms with Gasteiger partial charge in [-0.3, -0.25) is 0 Å². The fourth-order valence-corrected chi connectivity index (χ4v) is 2.60. The molecule has 0 spiro atoms. The van der Waals surface area contributed by atoms with Gasteiger partial charge in [0.25, 0.3) is 0 Å². The van der Waals surface area contributed by atoms with Crippen molar-refractivity contribution in [2.45, 2.75) is 4.90 Å². The summed E-state index contributed by atoms with van der Waals surface area (Å²) in [6.45, 7) is 0.224. The van der Waals surface area contributed by atoms with Crippen LogP contribution in [0.25, 0.3) is 0 Å². The highest BCUT2D eigenvalue weighted by Crippen LogP contribution is 2.31. The third kappa shape index (κ3) is 1.43. The molecule has 1 aromatic rings. The molecule has 5 heteroatoms. The van der Waals surface area contributed by atoms with Crippen molar-refractivity contribution in [2.75, 3.05) is 19.5 Å². The summed E-state index contributed by atoms with van der Waals surface area (Å²) < 4.78 is 33.4. The summed E-state index contributed by atoms with van der Waals surface area (Å²) >= 11 is 0. The molecule has 0 unspecified atom stereocenters. The van der Waals surface area contributed by atoms with Crippen molar-refractivity contribution in [2.24, 2.45) is 0 Å². The third-order valence-electron chi connectivity index (χ3n) is 2.10. The number of ether oxygens (including phenoxy) is 2.